The molecule has 5 nitrogen and oxygen atoms in total. The van der Waals surface area contributed by atoms with E-state index in [0.29, 0.717) is 13.0 Å². The minimum Gasteiger partial charge on any atom is -0.468 e. The molecule has 0 aliphatic carbocycles. The standard InChI is InChI=1S/C10H16N2O3/c1-7-3-4-8(11)10(14)12(5-7)6-9(13)15-2/h3,8H,4-6,11H2,1-2H3. The van der Waals surface area contributed by atoms with Crippen molar-refractivity contribution in [1.29, 1.82) is 0 Å². The van der Waals surface area contributed by atoms with E-state index < -0.39 is 12.0 Å². The van der Waals surface area contributed by atoms with Crippen molar-refractivity contribution in [1.82, 2.24) is 4.90 Å². The maximum Gasteiger partial charge on any atom is 0.325 e. The molecule has 0 aromatic carbocycles. The number of rotatable bonds is 2. The van der Waals surface area contributed by atoms with Gasteiger partial charge in [-0.1, -0.05) is 11.6 Å². The van der Waals surface area contributed by atoms with Gasteiger partial charge in [0, 0.05) is 6.54 Å². The number of amides is 1. The quantitative estimate of drug-likeness (QED) is 0.502. The Bertz CT molecular complexity index is 299. The van der Waals surface area contributed by atoms with Gasteiger partial charge in [0.05, 0.1) is 13.2 Å². The van der Waals surface area contributed by atoms with Crippen LogP contribution in [0.4, 0.5) is 0 Å². The molecule has 1 heterocycles. The molecular formula is C10H16N2O3. The van der Waals surface area contributed by atoms with Crippen molar-refractivity contribution in [3.8, 4) is 0 Å². The van der Waals surface area contributed by atoms with E-state index in [-0.39, 0.29) is 12.5 Å². The summed E-state index contributed by atoms with van der Waals surface area (Å²) in [5.41, 5.74) is 6.70. The van der Waals surface area contributed by atoms with Crippen LogP contribution in [0, 0.1) is 0 Å². The third-order valence-corrected chi connectivity index (χ3v) is 2.34. The lowest BCUT2D eigenvalue weighted by atomic mass is 10.2. The predicted molar refractivity (Wildman–Crippen MR) is 54.9 cm³/mol. The first-order valence-corrected chi connectivity index (χ1v) is 4.81. The van der Waals surface area contributed by atoms with Gasteiger partial charge >= 0.3 is 5.97 Å². The number of hydrogen-bond acceptors (Lipinski definition) is 4. The summed E-state index contributed by atoms with van der Waals surface area (Å²) in [6, 6.07) is -0.549. The van der Waals surface area contributed by atoms with Gasteiger partial charge in [-0.25, -0.2) is 0 Å². The van der Waals surface area contributed by atoms with Gasteiger partial charge in [-0.15, -0.1) is 0 Å². The smallest absolute Gasteiger partial charge is 0.325 e. The zero-order valence-corrected chi connectivity index (χ0v) is 9.03. The number of nitrogens with two attached hydrogens (primary N) is 1. The monoisotopic (exact) mass is 212 g/mol. The van der Waals surface area contributed by atoms with Gasteiger partial charge in [0.15, 0.2) is 0 Å². The molecule has 0 saturated heterocycles. The van der Waals surface area contributed by atoms with E-state index in [1.165, 1.54) is 12.0 Å². The predicted octanol–water partition coefficient (Wildman–Crippen LogP) is -0.335. The lowest BCUT2D eigenvalue weighted by molar-refractivity contribution is -0.147. The van der Waals surface area contributed by atoms with E-state index in [0.717, 1.165) is 5.57 Å². The number of carbonyl (C=O) groups excluding carboxylic acids is 2. The molecule has 0 bridgehead atoms. The van der Waals surface area contributed by atoms with Crippen molar-refractivity contribution in [2.24, 2.45) is 5.73 Å². The van der Waals surface area contributed by atoms with Crippen molar-refractivity contribution < 1.29 is 14.3 Å². The van der Waals surface area contributed by atoms with Crippen molar-refractivity contribution in [3.63, 3.8) is 0 Å². The number of ether oxygens (including phenoxy) is 1. The number of esters is 1. The van der Waals surface area contributed by atoms with Crippen LogP contribution in [0.15, 0.2) is 11.6 Å². The van der Waals surface area contributed by atoms with Crippen LogP contribution >= 0.6 is 0 Å². The summed E-state index contributed by atoms with van der Waals surface area (Å²) in [5.74, 6) is -0.626. The molecule has 1 amide bonds. The highest BCUT2D eigenvalue weighted by molar-refractivity contribution is 5.86. The fraction of sp³-hybridized carbons (Fsp3) is 0.600. The summed E-state index contributed by atoms with van der Waals surface area (Å²) in [7, 11) is 1.30. The molecule has 1 unspecified atom stereocenters. The summed E-state index contributed by atoms with van der Waals surface area (Å²) in [6.45, 7) is 2.32. The highest BCUT2D eigenvalue weighted by Crippen LogP contribution is 2.10. The molecular weight excluding hydrogens is 196 g/mol. The van der Waals surface area contributed by atoms with Gasteiger partial charge in [0.2, 0.25) is 5.91 Å². The van der Waals surface area contributed by atoms with Gasteiger partial charge in [-0.05, 0) is 13.3 Å². The largest absolute Gasteiger partial charge is 0.468 e. The molecule has 0 aromatic heterocycles. The second kappa shape index (κ2) is 4.93. The minimum absolute atomic E-state index is 0.0335. The van der Waals surface area contributed by atoms with E-state index >= 15 is 0 Å². The average molecular weight is 212 g/mol. The number of nitrogens with zero attached hydrogens (tertiary/aromatic N) is 1. The van der Waals surface area contributed by atoms with Crippen molar-refractivity contribution in [3.05, 3.63) is 11.6 Å². The Morgan fingerprint density at radius 1 is 1.73 bits per heavy atom. The van der Waals surface area contributed by atoms with Crippen LogP contribution in [0.3, 0.4) is 0 Å². The molecule has 15 heavy (non-hydrogen) atoms. The minimum atomic E-state index is -0.549. The zero-order valence-electron chi connectivity index (χ0n) is 9.03. The van der Waals surface area contributed by atoms with Crippen molar-refractivity contribution in [2.45, 2.75) is 19.4 Å². The summed E-state index contributed by atoms with van der Waals surface area (Å²) < 4.78 is 4.52. The van der Waals surface area contributed by atoms with E-state index in [1.54, 1.807) is 0 Å². The Morgan fingerprint density at radius 3 is 3.00 bits per heavy atom. The fourth-order valence-corrected chi connectivity index (χ4v) is 1.46. The molecule has 1 rings (SSSR count). The lowest BCUT2D eigenvalue weighted by Gasteiger charge is -2.21. The fourth-order valence-electron chi connectivity index (χ4n) is 1.46. The van der Waals surface area contributed by atoms with Crippen molar-refractivity contribution >= 4 is 11.9 Å². The van der Waals surface area contributed by atoms with E-state index in [1.807, 2.05) is 13.0 Å². The summed E-state index contributed by atoms with van der Waals surface area (Å²) in [5, 5.41) is 0. The van der Waals surface area contributed by atoms with Crippen LogP contribution in [0.25, 0.3) is 0 Å². The lowest BCUT2D eigenvalue weighted by Crippen LogP contribution is -2.45. The average Bonchev–Trinajstić information content (AvgIpc) is 2.33. The second-order valence-electron chi connectivity index (χ2n) is 3.66. The van der Waals surface area contributed by atoms with E-state index in [4.69, 9.17) is 5.73 Å². The van der Waals surface area contributed by atoms with Gasteiger partial charge in [-0.2, -0.15) is 0 Å². The highest BCUT2D eigenvalue weighted by Gasteiger charge is 2.25. The summed E-state index contributed by atoms with van der Waals surface area (Å²) in [6.07, 6.45) is 2.46. The van der Waals surface area contributed by atoms with Crippen LogP contribution in [-0.4, -0.2) is 43.0 Å². The Morgan fingerprint density at radius 2 is 2.40 bits per heavy atom. The SMILES string of the molecule is COC(=O)CN1CC(C)=CCC(N)C1=O. The molecule has 0 aromatic rings. The van der Waals surface area contributed by atoms with Crippen LogP contribution in [0.2, 0.25) is 0 Å². The number of methoxy groups -OCH3 is 1. The van der Waals surface area contributed by atoms with Crippen LogP contribution in [0.1, 0.15) is 13.3 Å². The van der Waals surface area contributed by atoms with Gasteiger partial charge < -0.3 is 15.4 Å². The molecule has 1 atom stereocenters. The topological polar surface area (TPSA) is 72.6 Å². The molecule has 2 N–H and O–H groups in total. The number of hydrogen-bond donors (Lipinski definition) is 1. The molecule has 0 spiro atoms. The van der Waals surface area contributed by atoms with Crippen LogP contribution in [-0.2, 0) is 14.3 Å². The maximum absolute atomic E-state index is 11.7. The van der Waals surface area contributed by atoms with Gasteiger partial charge in [0.25, 0.3) is 0 Å². The normalized spacial score (nSPS) is 22.1. The first kappa shape index (κ1) is 11.7. The molecule has 1 aliphatic heterocycles. The van der Waals surface area contributed by atoms with Crippen LogP contribution in [0.5, 0.6) is 0 Å². The molecule has 0 saturated carbocycles. The highest BCUT2D eigenvalue weighted by atomic mass is 16.5. The molecule has 5 heteroatoms. The van der Waals surface area contributed by atoms with E-state index in [9.17, 15) is 9.59 Å². The third kappa shape index (κ3) is 3.06. The van der Waals surface area contributed by atoms with Crippen LogP contribution < -0.4 is 5.73 Å². The molecule has 0 radical (unpaired) electrons. The van der Waals surface area contributed by atoms with E-state index in [2.05, 4.69) is 4.74 Å². The molecule has 0 fully saturated rings. The first-order valence-electron chi connectivity index (χ1n) is 4.81. The first-order chi connectivity index (χ1) is 7.04. The number of carbonyl (C=O) groups is 2. The van der Waals surface area contributed by atoms with Gasteiger partial charge in [-0.3, -0.25) is 9.59 Å². The third-order valence-electron chi connectivity index (χ3n) is 2.34. The maximum atomic E-state index is 11.7. The Balaban J connectivity index is 2.72. The van der Waals surface area contributed by atoms with Crippen molar-refractivity contribution in [2.75, 3.05) is 20.2 Å². The Labute approximate surface area is 88.9 Å². The summed E-state index contributed by atoms with van der Waals surface area (Å²) >= 11 is 0. The Hall–Kier alpha value is -1.36. The Kier molecular flexibility index (Phi) is 3.85. The molecule has 1 aliphatic rings. The van der Waals surface area contributed by atoms with Gasteiger partial charge in [0.1, 0.15) is 6.54 Å². The molecule has 84 valence electrons. The zero-order chi connectivity index (χ0) is 11.4. The second-order valence-corrected chi connectivity index (χ2v) is 3.66. The summed E-state index contributed by atoms with van der Waals surface area (Å²) in [4.78, 5) is 24.2.